The Morgan fingerprint density at radius 2 is 1.50 bits per heavy atom. The van der Waals surface area contributed by atoms with Crippen molar-refractivity contribution in [3.8, 4) is 11.5 Å². The van der Waals surface area contributed by atoms with Crippen LogP contribution in [0.4, 0.5) is 5.69 Å². The second-order valence-corrected chi connectivity index (χ2v) is 14.6. The zero-order valence-corrected chi connectivity index (χ0v) is 30.5. The van der Waals surface area contributed by atoms with E-state index in [4.69, 9.17) is 4.74 Å². The van der Waals surface area contributed by atoms with Crippen LogP contribution in [0.15, 0.2) is 62.7 Å². The predicted octanol–water partition coefficient (Wildman–Crippen LogP) is 5.26. The van der Waals surface area contributed by atoms with Crippen molar-refractivity contribution in [2.75, 3.05) is 38.1 Å². The molecule has 5 aliphatic rings. The molecule has 264 valence electrons. The SMILES string of the molecule is C=C.C=C.CNC(=O)CC(C)(C)C.O=C([O-])c1ccccc1C1=c2cc3c4c(c2Oc2c1cc1c5c2CCCN5CCC1)CCC[N+]=4CCC3. The highest BCUT2D eigenvalue weighted by Crippen LogP contribution is 2.48. The molecule has 0 radical (unpaired) electrons. The third-order valence-corrected chi connectivity index (χ3v) is 10.1. The van der Waals surface area contributed by atoms with Crippen LogP contribution in [0.3, 0.4) is 0 Å². The molecule has 0 saturated heterocycles. The van der Waals surface area contributed by atoms with Gasteiger partial charge in [0.2, 0.25) is 11.3 Å². The van der Waals surface area contributed by atoms with Gasteiger partial charge in [0.05, 0.1) is 11.5 Å². The molecule has 1 amide bonds. The van der Waals surface area contributed by atoms with Crippen molar-refractivity contribution in [1.82, 2.24) is 9.89 Å². The van der Waals surface area contributed by atoms with Crippen molar-refractivity contribution >= 4 is 23.1 Å². The molecule has 0 bridgehead atoms. The monoisotopic (exact) mass is 675 g/mol. The maximum absolute atomic E-state index is 12.3. The molecule has 0 aliphatic carbocycles. The molecule has 0 unspecified atom stereocenters. The zero-order valence-electron chi connectivity index (χ0n) is 30.5. The Kier molecular flexibility index (Phi) is 11.3. The lowest BCUT2D eigenvalue weighted by molar-refractivity contribution is -0.255. The van der Waals surface area contributed by atoms with E-state index in [0.29, 0.717) is 6.42 Å². The molecule has 5 heterocycles. The normalized spacial score (nSPS) is 16.1. The maximum atomic E-state index is 12.3. The minimum absolute atomic E-state index is 0.111. The van der Waals surface area contributed by atoms with Crippen LogP contribution in [0.1, 0.15) is 96.6 Å². The highest BCUT2D eigenvalue weighted by Gasteiger charge is 2.36. The highest BCUT2D eigenvalue weighted by molar-refractivity contribution is 5.98. The molecule has 5 aliphatic heterocycles. The van der Waals surface area contributed by atoms with Gasteiger partial charge < -0.3 is 24.9 Å². The molecule has 0 saturated carbocycles. The summed E-state index contributed by atoms with van der Waals surface area (Å²) in [4.78, 5) is 25.6. The average Bonchev–Trinajstić information content (AvgIpc) is 3.13. The molecule has 50 heavy (non-hydrogen) atoms. The van der Waals surface area contributed by atoms with Gasteiger partial charge in [-0.05, 0) is 67.2 Å². The number of nitrogens with one attached hydrogen (secondary N) is 1. The van der Waals surface area contributed by atoms with E-state index in [1.54, 1.807) is 19.2 Å². The van der Waals surface area contributed by atoms with Gasteiger partial charge in [0.15, 0.2) is 0 Å². The van der Waals surface area contributed by atoms with Crippen LogP contribution in [0, 0.1) is 5.41 Å². The molecule has 1 N–H and O–H groups in total. The largest absolute Gasteiger partial charge is 0.545 e. The lowest BCUT2D eigenvalue weighted by Gasteiger charge is -2.39. The van der Waals surface area contributed by atoms with E-state index in [9.17, 15) is 14.7 Å². The molecule has 0 atom stereocenters. The highest BCUT2D eigenvalue weighted by atomic mass is 16.5. The van der Waals surface area contributed by atoms with Crippen molar-refractivity contribution in [3.05, 3.63) is 112 Å². The van der Waals surface area contributed by atoms with Crippen molar-refractivity contribution in [1.29, 1.82) is 0 Å². The minimum Gasteiger partial charge on any atom is -0.545 e. The number of hydrogen-bond acceptors (Lipinski definition) is 5. The summed E-state index contributed by atoms with van der Waals surface area (Å²) < 4.78 is 9.58. The number of carbonyl (C=O) groups excluding carboxylic acids is 2. The number of anilines is 1. The lowest BCUT2D eigenvalue weighted by atomic mass is 9.82. The first-order valence-corrected chi connectivity index (χ1v) is 18.1. The van der Waals surface area contributed by atoms with Crippen LogP contribution in [-0.2, 0) is 30.5 Å². The number of amides is 1. The molecule has 0 fully saturated rings. The summed E-state index contributed by atoms with van der Waals surface area (Å²) in [6.45, 7) is 22.5. The average molecular weight is 676 g/mol. The molecule has 8 rings (SSSR count). The number of hydrogen-bond donors (Lipinski definition) is 1. The molecular formula is C43H53N3O4. The van der Waals surface area contributed by atoms with E-state index in [2.05, 4.69) is 53.2 Å². The fourth-order valence-electron chi connectivity index (χ4n) is 8.25. The summed E-state index contributed by atoms with van der Waals surface area (Å²) in [6, 6.07) is 12.0. The van der Waals surface area contributed by atoms with Crippen molar-refractivity contribution in [2.45, 2.75) is 78.6 Å². The summed E-state index contributed by atoms with van der Waals surface area (Å²) >= 11 is 0. The Morgan fingerprint density at radius 3 is 2.16 bits per heavy atom. The van der Waals surface area contributed by atoms with Gasteiger partial charge in [-0.3, -0.25) is 4.79 Å². The van der Waals surface area contributed by atoms with E-state index < -0.39 is 5.97 Å². The van der Waals surface area contributed by atoms with E-state index >= 15 is 0 Å². The Morgan fingerprint density at radius 1 is 0.860 bits per heavy atom. The molecule has 7 nitrogen and oxygen atoms in total. The standard InChI is InChI=1S/C32H30N2O3.C7H15NO.2C2H4/c35-32(36)22-10-2-1-9-21(22)27-25-17-19-7-3-13-33-15-5-11-23(28(19)33)30(25)37-31-24-12-6-16-34-14-4-8-20(29(24)34)18-26(27)31;1-7(2,3)5-6(9)8-4;2*1-2/h1-2,9-10,17-18H,3-8,11-16H2;5H2,1-4H3,(H,8,9);2*1-2H2. The predicted molar refractivity (Wildman–Crippen MR) is 202 cm³/mol. The Labute approximate surface area is 297 Å². The number of carbonyl (C=O) groups is 2. The van der Waals surface area contributed by atoms with Crippen molar-refractivity contribution < 1.29 is 19.4 Å². The van der Waals surface area contributed by atoms with Gasteiger partial charge in [-0.15, -0.1) is 26.3 Å². The van der Waals surface area contributed by atoms with Gasteiger partial charge in [0.1, 0.15) is 24.6 Å². The number of carboxylic acid groups (broad SMARTS) is 1. The second-order valence-electron chi connectivity index (χ2n) is 14.6. The van der Waals surface area contributed by atoms with Crippen molar-refractivity contribution in [2.24, 2.45) is 5.41 Å². The second kappa shape index (κ2) is 15.5. The van der Waals surface area contributed by atoms with E-state index in [1.165, 1.54) is 33.3 Å². The quantitative estimate of drug-likeness (QED) is 0.237. The molecule has 3 aromatic rings. The number of aryl methyl sites for hydroxylation is 2. The first kappa shape index (κ1) is 36.6. The number of carboxylic acids is 1. The van der Waals surface area contributed by atoms with Crippen LogP contribution in [-0.4, -0.2) is 45.1 Å². The first-order valence-electron chi connectivity index (χ1n) is 18.1. The topological polar surface area (TPSA) is 84.7 Å². The number of benzene rings is 3. The minimum atomic E-state index is -1.13. The summed E-state index contributed by atoms with van der Waals surface area (Å²) in [5.41, 5.74) is 9.89. The number of rotatable bonds is 3. The molecule has 0 spiro atoms. The molecule has 3 aromatic carbocycles. The van der Waals surface area contributed by atoms with Crippen LogP contribution in [0.2, 0.25) is 0 Å². The van der Waals surface area contributed by atoms with Gasteiger partial charge in [-0.1, -0.05) is 45.0 Å². The molecule has 7 heteroatoms. The number of nitrogens with zero attached hydrogens (tertiary/aromatic N) is 2. The number of aromatic carboxylic acids is 1. The van der Waals surface area contributed by atoms with Gasteiger partial charge in [0.25, 0.3) is 0 Å². The van der Waals surface area contributed by atoms with Crippen LogP contribution < -0.4 is 35.2 Å². The number of ether oxygens (including phenoxy) is 1. The third kappa shape index (κ3) is 7.01. The van der Waals surface area contributed by atoms with Gasteiger partial charge in [-0.2, -0.15) is 0 Å². The molecule has 0 aromatic heterocycles. The van der Waals surface area contributed by atoms with Crippen LogP contribution >= 0.6 is 0 Å². The summed E-state index contributed by atoms with van der Waals surface area (Å²) in [7, 11) is 1.66. The van der Waals surface area contributed by atoms with Crippen LogP contribution in [0.25, 0.3) is 5.57 Å². The van der Waals surface area contributed by atoms with Gasteiger partial charge >= 0.3 is 0 Å². The van der Waals surface area contributed by atoms with Gasteiger partial charge in [-0.25, -0.2) is 4.58 Å². The smallest absolute Gasteiger partial charge is 0.220 e. The maximum Gasteiger partial charge on any atom is 0.220 e. The Balaban J connectivity index is 0.000000326. The van der Waals surface area contributed by atoms with Crippen molar-refractivity contribution in [3.63, 3.8) is 0 Å². The van der Waals surface area contributed by atoms with E-state index in [0.717, 1.165) is 111 Å². The fraction of sp³-hybridized carbons (Fsp3) is 0.419. The lowest BCUT2D eigenvalue weighted by Crippen LogP contribution is -2.45. The Hall–Kier alpha value is -4.65. The summed E-state index contributed by atoms with van der Waals surface area (Å²) in [5.74, 6) is 0.881. The number of fused-ring (bicyclic) bond motifs is 4. The summed E-state index contributed by atoms with van der Waals surface area (Å²) in [6.07, 6.45) is 9.26. The Bertz CT molecular complexity index is 1910. The summed E-state index contributed by atoms with van der Waals surface area (Å²) in [5, 5.41) is 17.3. The fourth-order valence-corrected chi connectivity index (χ4v) is 8.25. The van der Waals surface area contributed by atoms with E-state index in [1.807, 2.05) is 32.9 Å². The van der Waals surface area contributed by atoms with Gasteiger partial charge in [0, 0.05) is 78.1 Å². The molecular weight excluding hydrogens is 622 g/mol. The third-order valence-electron chi connectivity index (χ3n) is 10.1. The first-order chi connectivity index (χ1) is 24.1. The zero-order chi connectivity index (χ0) is 36.2. The van der Waals surface area contributed by atoms with E-state index in [-0.39, 0.29) is 16.9 Å². The van der Waals surface area contributed by atoms with Crippen LogP contribution in [0.5, 0.6) is 11.5 Å².